The van der Waals surface area contributed by atoms with Gasteiger partial charge >= 0.3 is 0 Å². The van der Waals surface area contributed by atoms with Crippen LogP contribution < -0.4 is 10.6 Å². The minimum Gasteiger partial charge on any atom is -0.451 e. The number of carbonyl (C=O) groups is 2. The number of furan rings is 1. The second-order valence-electron chi connectivity index (χ2n) is 6.12. The minimum atomic E-state index is -0.489. The molecule has 0 unspecified atom stereocenters. The summed E-state index contributed by atoms with van der Waals surface area (Å²) in [5, 5.41) is 5.33. The number of nitrogens with one attached hydrogen (secondary N) is 2. The average Bonchev–Trinajstić information content (AvgIpc) is 3.14. The van der Waals surface area contributed by atoms with E-state index in [9.17, 15) is 14.0 Å². The van der Waals surface area contributed by atoms with E-state index >= 15 is 0 Å². The lowest BCUT2D eigenvalue weighted by atomic mass is 10.1. The van der Waals surface area contributed by atoms with E-state index in [4.69, 9.17) is 4.42 Å². The van der Waals surface area contributed by atoms with E-state index in [0.717, 1.165) is 0 Å². The number of amides is 2. The topological polar surface area (TPSA) is 71.3 Å². The highest BCUT2D eigenvalue weighted by Gasteiger charge is 2.15. The molecule has 0 bridgehead atoms. The number of hydrogen-bond donors (Lipinski definition) is 2. The van der Waals surface area contributed by atoms with Gasteiger partial charge in [0.1, 0.15) is 17.3 Å². The second kappa shape index (κ2) is 10.0. The molecule has 0 spiro atoms. The molecule has 2 N–H and O–H groups in total. The Morgan fingerprint density at radius 2 is 1.72 bits per heavy atom. The predicted molar refractivity (Wildman–Crippen MR) is 116 cm³/mol. The van der Waals surface area contributed by atoms with Crippen LogP contribution in [0.4, 0.5) is 4.39 Å². The number of halogens is 2. The van der Waals surface area contributed by atoms with Crippen molar-refractivity contribution in [3.63, 3.8) is 0 Å². The van der Waals surface area contributed by atoms with Crippen LogP contribution in [-0.4, -0.2) is 18.4 Å². The normalized spacial score (nSPS) is 11.2. The first-order chi connectivity index (χ1) is 14.0. The molecule has 0 radical (unpaired) electrons. The van der Waals surface area contributed by atoms with Gasteiger partial charge in [-0.05, 0) is 64.9 Å². The van der Waals surface area contributed by atoms with Crippen molar-refractivity contribution in [3.8, 4) is 0 Å². The molecule has 29 heavy (non-hydrogen) atoms. The predicted octanol–water partition coefficient (Wildman–Crippen LogP) is 4.15. The van der Waals surface area contributed by atoms with Gasteiger partial charge in [0.2, 0.25) is 0 Å². The van der Waals surface area contributed by atoms with Gasteiger partial charge in [0, 0.05) is 18.2 Å². The summed E-state index contributed by atoms with van der Waals surface area (Å²) in [7, 11) is 0. The number of rotatable bonds is 7. The molecule has 3 rings (SSSR count). The summed E-state index contributed by atoms with van der Waals surface area (Å²) < 4.78 is 19.9. The van der Waals surface area contributed by atoms with Crippen molar-refractivity contribution in [2.24, 2.45) is 0 Å². The van der Waals surface area contributed by atoms with E-state index in [1.165, 1.54) is 12.1 Å². The number of carbonyl (C=O) groups excluding carboxylic acids is 2. The molecule has 7 heteroatoms. The Morgan fingerprint density at radius 3 is 2.41 bits per heavy atom. The maximum Gasteiger partial charge on any atom is 0.267 e. The summed E-state index contributed by atoms with van der Waals surface area (Å²) in [5.41, 5.74) is 0.969. The van der Waals surface area contributed by atoms with E-state index in [-0.39, 0.29) is 18.1 Å². The molecular formula is C22H18FIN2O3. The molecule has 5 nitrogen and oxygen atoms in total. The van der Waals surface area contributed by atoms with Crippen molar-refractivity contribution in [1.82, 2.24) is 10.6 Å². The summed E-state index contributed by atoms with van der Waals surface area (Å²) in [6.45, 7) is 0.216. The molecule has 0 aliphatic rings. The fraction of sp³-hybridized carbons (Fsp3) is 0.0909. The summed E-state index contributed by atoms with van der Waals surface area (Å²) in [5.74, 6) is -0.790. The van der Waals surface area contributed by atoms with Gasteiger partial charge in [-0.2, -0.15) is 0 Å². The summed E-state index contributed by atoms with van der Waals surface area (Å²) in [6, 6.07) is 18.4. The van der Waals surface area contributed by atoms with Crippen LogP contribution in [0.25, 0.3) is 6.08 Å². The van der Waals surface area contributed by atoms with Crippen molar-refractivity contribution in [3.05, 3.63) is 98.9 Å². The third kappa shape index (κ3) is 6.02. The third-order valence-electron chi connectivity index (χ3n) is 4.05. The molecule has 1 heterocycles. The number of benzene rings is 2. The fourth-order valence-corrected chi connectivity index (χ4v) is 3.03. The Hall–Kier alpha value is -2.94. The molecular weight excluding hydrogens is 486 g/mol. The molecule has 0 saturated heterocycles. The smallest absolute Gasteiger partial charge is 0.267 e. The zero-order valence-corrected chi connectivity index (χ0v) is 17.5. The average molecular weight is 504 g/mol. The van der Waals surface area contributed by atoms with E-state index in [0.29, 0.717) is 27.1 Å². The Kier molecular flexibility index (Phi) is 7.18. The van der Waals surface area contributed by atoms with E-state index < -0.39 is 11.8 Å². The molecule has 0 atom stereocenters. The first-order valence-electron chi connectivity index (χ1n) is 8.88. The molecule has 0 fully saturated rings. The van der Waals surface area contributed by atoms with Gasteiger partial charge < -0.3 is 15.1 Å². The van der Waals surface area contributed by atoms with Crippen molar-refractivity contribution in [1.29, 1.82) is 0 Å². The zero-order chi connectivity index (χ0) is 20.6. The van der Waals surface area contributed by atoms with Gasteiger partial charge in [0.25, 0.3) is 11.8 Å². The molecule has 3 aromatic rings. The van der Waals surface area contributed by atoms with Crippen LogP contribution in [-0.2, 0) is 11.2 Å². The van der Waals surface area contributed by atoms with Crippen LogP contribution in [0, 0.1) is 9.58 Å². The maximum absolute atomic E-state index is 13.7. The van der Waals surface area contributed by atoms with Crippen LogP contribution in [0.1, 0.15) is 21.7 Å². The van der Waals surface area contributed by atoms with Crippen molar-refractivity contribution in [2.75, 3.05) is 6.54 Å². The van der Waals surface area contributed by atoms with Crippen molar-refractivity contribution in [2.45, 2.75) is 6.42 Å². The summed E-state index contributed by atoms with van der Waals surface area (Å²) in [6.07, 6.45) is 1.79. The van der Waals surface area contributed by atoms with Gasteiger partial charge in [-0.25, -0.2) is 4.39 Å². The summed E-state index contributed by atoms with van der Waals surface area (Å²) in [4.78, 5) is 25.1. The summed E-state index contributed by atoms with van der Waals surface area (Å²) >= 11 is 2.01. The van der Waals surface area contributed by atoms with Gasteiger partial charge in [-0.1, -0.05) is 36.4 Å². The van der Waals surface area contributed by atoms with E-state index in [1.54, 1.807) is 60.7 Å². The monoisotopic (exact) mass is 504 g/mol. The van der Waals surface area contributed by atoms with E-state index in [1.807, 2.05) is 22.6 Å². The fourth-order valence-electron chi connectivity index (χ4n) is 2.60. The third-order valence-corrected chi connectivity index (χ3v) is 4.63. The standard InChI is InChI=1S/C22H18FIN2O3/c23-18-9-5-4-6-15(18)12-13-25-22(28)19(14-17-10-11-20(24)29-17)26-21(27)16-7-2-1-3-8-16/h1-11,14H,12-13H2,(H,25,28)(H,26,27). The number of hydrogen-bond acceptors (Lipinski definition) is 3. The van der Waals surface area contributed by atoms with Gasteiger partial charge in [0.15, 0.2) is 3.77 Å². The first-order valence-corrected chi connectivity index (χ1v) is 9.96. The highest BCUT2D eigenvalue weighted by molar-refractivity contribution is 14.1. The van der Waals surface area contributed by atoms with Crippen LogP contribution in [0.5, 0.6) is 0 Å². The maximum atomic E-state index is 13.7. The Bertz CT molecular complexity index is 1030. The molecule has 148 valence electrons. The van der Waals surface area contributed by atoms with Crippen molar-refractivity contribution >= 4 is 40.5 Å². The molecule has 2 aromatic carbocycles. The largest absolute Gasteiger partial charge is 0.451 e. The molecule has 2 amide bonds. The highest BCUT2D eigenvalue weighted by Crippen LogP contribution is 2.14. The van der Waals surface area contributed by atoms with Gasteiger partial charge in [-0.15, -0.1) is 0 Å². The lowest BCUT2D eigenvalue weighted by Crippen LogP contribution is -2.35. The zero-order valence-electron chi connectivity index (χ0n) is 15.3. The SMILES string of the molecule is O=C(NCCc1ccccc1F)C(=Cc1ccc(I)o1)NC(=O)c1ccccc1. The Morgan fingerprint density at radius 1 is 1.00 bits per heavy atom. The van der Waals surface area contributed by atoms with E-state index in [2.05, 4.69) is 10.6 Å². The van der Waals surface area contributed by atoms with Gasteiger partial charge in [-0.3, -0.25) is 9.59 Å². The lowest BCUT2D eigenvalue weighted by molar-refractivity contribution is -0.117. The van der Waals surface area contributed by atoms with Crippen LogP contribution in [0.15, 0.2) is 76.8 Å². The van der Waals surface area contributed by atoms with Crippen molar-refractivity contribution < 1.29 is 18.4 Å². The van der Waals surface area contributed by atoms with Gasteiger partial charge in [0.05, 0.1) is 0 Å². The lowest BCUT2D eigenvalue weighted by Gasteiger charge is -2.11. The highest BCUT2D eigenvalue weighted by atomic mass is 127. The Balaban J connectivity index is 1.71. The van der Waals surface area contributed by atoms with Crippen LogP contribution in [0.3, 0.4) is 0 Å². The molecule has 1 aromatic heterocycles. The molecule has 0 saturated carbocycles. The van der Waals surface area contributed by atoms with Crippen LogP contribution >= 0.6 is 22.6 Å². The molecule has 0 aliphatic heterocycles. The molecule has 0 aliphatic carbocycles. The van der Waals surface area contributed by atoms with Crippen LogP contribution in [0.2, 0.25) is 0 Å². The first kappa shape index (κ1) is 20.8. The second-order valence-corrected chi connectivity index (χ2v) is 7.18. The minimum absolute atomic E-state index is 0.0399. The Labute approximate surface area is 181 Å². The quantitative estimate of drug-likeness (QED) is 0.375.